The van der Waals surface area contributed by atoms with Crippen LogP contribution >= 0.6 is 0 Å². The molecule has 1 unspecified atom stereocenters. The van der Waals surface area contributed by atoms with Gasteiger partial charge in [-0.3, -0.25) is 14.6 Å². The van der Waals surface area contributed by atoms with Crippen molar-refractivity contribution in [2.45, 2.75) is 26.8 Å². The summed E-state index contributed by atoms with van der Waals surface area (Å²) in [5.74, 6) is -0.575. The quantitative estimate of drug-likeness (QED) is 0.797. The zero-order chi connectivity index (χ0) is 14.4. The lowest BCUT2D eigenvalue weighted by Gasteiger charge is -2.18. The molecule has 104 valence electrons. The minimum absolute atomic E-state index is 0.125. The van der Waals surface area contributed by atoms with Crippen LogP contribution in [0.25, 0.3) is 0 Å². The van der Waals surface area contributed by atoms with Crippen LogP contribution in [0.5, 0.6) is 0 Å². The van der Waals surface area contributed by atoms with E-state index in [0.29, 0.717) is 24.5 Å². The number of pyridine rings is 1. The average Bonchev–Trinajstić information content (AvgIpc) is 2.40. The predicted octanol–water partition coefficient (Wildman–Crippen LogP) is 0.849. The Morgan fingerprint density at radius 1 is 1.42 bits per heavy atom. The van der Waals surface area contributed by atoms with E-state index in [1.807, 2.05) is 13.8 Å². The number of amides is 2. The smallest absolute Gasteiger partial charge is 0.272 e. The van der Waals surface area contributed by atoms with Gasteiger partial charge in [0, 0.05) is 25.0 Å². The summed E-state index contributed by atoms with van der Waals surface area (Å²) < 4.78 is 0. The van der Waals surface area contributed by atoms with Gasteiger partial charge >= 0.3 is 0 Å². The van der Waals surface area contributed by atoms with Gasteiger partial charge in [-0.05, 0) is 32.9 Å². The van der Waals surface area contributed by atoms with E-state index in [4.69, 9.17) is 5.73 Å². The standard InChI is InChI=1S/C13H20N4O2/c1-4-17(5-2)13(19)11-8-10(6-7-15-11)16-9(3)12(14)18/h6-9H,4-5H2,1-3H3,(H2,14,18)(H,15,16). The first-order valence-electron chi connectivity index (χ1n) is 6.30. The first kappa shape index (κ1) is 14.9. The van der Waals surface area contributed by atoms with Crippen molar-refractivity contribution in [3.05, 3.63) is 24.0 Å². The van der Waals surface area contributed by atoms with Crippen LogP contribution < -0.4 is 11.1 Å². The molecule has 0 aliphatic carbocycles. The topological polar surface area (TPSA) is 88.3 Å². The van der Waals surface area contributed by atoms with Gasteiger partial charge in [-0.25, -0.2) is 0 Å². The zero-order valence-electron chi connectivity index (χ0n) is 11.5. The summed E-state index contributed by atoms with van der Waals surface area (Å²) in [4.78, 5) is 28.9. The van der Waals surface area contributed by atoms with Crippen LogP contribution in [0.4, 0.5) is 5.69 Å². The number of carbonyl (C=O) groups excluding carboxylic acids is 2. The van der Waals surface area contributed by atoms with Crippen LogP contribution in [-0.4, -0.2) is 40.8 Å². The lowest BCUT2D eigenvalue weighted by atomic mass is 10.2. The Bertz CT molecular complexity index is 458. The van der Waals surface area contributed by atoms with E-state index < -0.39 is 11.9 Å². The molecule has 0 aliphatic heterocycles. The number of rotatable bonds is 6. The fourth-order valence-electron chi connectivity index (χ4n) is 1.63. The number of primary amides is 1. The highest BCUT2D eigenvalue weighted by atomic mass is 16.2. The van der Waals surface area contributed by atoms with Crippen LogP contribution in [0.3, 0.4) is 0 Å². The Labute approximate surface area is 113 Å². The van der Waals surface area contributed by atoms with Crippen molar-refractivity contribution in [2.24, 2.45) is 5.73 Å². The summed E-state index contributed by atoms with van der Waals surface area (Å²) in [6, 6.07) is 2.82. The molecule has 0 saturated carbocycles. The Kier molecular flexibility index (Phi) is 5.29. The minimum atomic E-state index is -0.501. The molecule has 1 rings (SSSR count). The molecule has 0 spiro atoms. The van der Waals surface area contributed by atoms with Crippen LogP contribution in [0.15, 0.2) is 18.3 Å². The maximum absolute atomic E-state index is 12.1. The van der Waals surface area contributed by atoms with E-state index in [1.165, 1.54) is 6.20 Å². The van der Waals surface area contributed by atoms with Gasteiger partial charge in [-0.1, -0.05) is 0 Å². The number of nitrogens with one attached hydrogen (secondary N) is 1. The summed E-state index contributed by atoms with van der Waals surface area (Å²) in [7, 11) is 0. The molecule has 2 amide bonds. The van der Waals surface area contributed by atoms with Gasteiger partial charge in [0.2, 0.25) is 5.91 Å². The third-order valence-electron chi connectivity index (χ3n) is 2.84. The van der Waals surface area contributed by atoms with Gasteiger partial charge in [-0.15, -0.1) is 0 Å². The van der Waals surface area contributed by atoms with Crippen LogP contribution in [0, 0.1) is 0 Å². The van der Waals surface area contributed by atoms with E-state index in [9.17, 15) is 9.59 Å². The van der Waals surface area contributed by atoms with Gasteiger partial charge in [0.05, 0.1) is 0 Å². The Balaban J connectivity index is 2.88. The highest BCUT2D eigenvalue weighted by Crippen LogP contribution is 2.11. The van der Waals surface area contributed by atoms with Crippen molar-refractivity contribution >= 4 is 17.5 Å². The highest BCUT2D eigenvalue weighted by Gasteiger charge is 2.15. The van der Waals surface area contributed by atoms with Crippen molar-refractivity contribution in [1.29, 1.82) is 0 Å². The fraction of sp³-hybridized carbons (Fsp3) is 0.462. The molecule has 0 radical (unpaired) electrons. The average molecular weight is 264 g/mol. The monoisotopic (exact) mass is 264 g/mol. The summed E-state index contributed by atoms with van der Waals surface area (Å²) >= 11 is 0. The van der Waals surface area contributed by atoms with E-state index in [2.05, 4.69) is 10.3 Å². The number of hydrogen-bond acceptors (Lipinski definition) is 4. The Hall–Kier alpha value is -2.11. The minimum Gasteiger partial charge on any atom is -0.374 e. The van der Waals surface area contributed by atoms with Gasteiger partial charge in [0.25, 0.3) is 5.91 Å². The molecule has 19 heavy (non-hydrogen) atoms. The summed E-state index contributed by atoms with van der Waals surface area (Å²) in [5.41, 5.74) is 6.18. The molecular formula is C13H20N4O2. The van der Waals surface area contributed by atoms with E-state index in [1.54, 1.807) is 24.0 Å². The first-order valence-corrected chi connectivity index (χ1v) is 6.30. The number of nitrogens with zero attached hydrogens (tertiary/aromatic N) is 2. The van der Waals surface area contributed by atoms with Gasteiger partial charge in [-0.2, -0.15) is 0 Å². The van der Waals surface area contributed by atoms with Crippen LogP contribution in [-0.2, 0) is 4.79 Å². The molecule has 1 atom stereocenters. The summed E-state index contributed by atoms with van der Waals surface area (Å²) in [6.45, 7) is 6.75. The largest absolute Gasteiger partial charge is 0.374 e. The van der Waals surface area contributed by atoms with Crippen molar-refractivity contribution < 1.29 is 9.59 Å². The van der Waals surface area contributed by atoms with E-state index in [0.717, 1.165) is 0 Å². The molecular weight excluding hydrogens is 244 g/mol. The zero-order valence-corrected chi connectivity index (χ0v) is 11.5. The molecule has 0 saturated heterocycles. The van der Waals surface area contributed by atoms with Crippen LogP contribution in [0.1, 0.15) is 31.3 Å². The van der Waals surface area contributed by atoms with Gasteiger partial charge in [0.1, 0.15) is 11.7 Å². The van der Waals surface area contributed by atoms with E-state index >= 15 is 0 Å². The lowest BCUT2D eigenvalue weighted by Crippen LogP contribution is -2.33. The molecule has 0 fully saturated rings. The first-order chi connectivity index (χ1) is 8.99. The Morgan fingerprint density at radius 2 is 2.05 bits per heavy atom. The molecule has 0 aromatic carbocycles. The maximum atomic E-state index is 12.1. The normalized spacial score (nSPS) is 11.7. The summed E-state index contributed by atoms with van der Waals surface area (Å²) in [5, 5.41) is 2.93. The van der Waals surface area contributed by atoms with Crippen molar-refractivity contribution in [3.63, 3.8) is 0 Å². The third kappa shape index (κ3) is 3.94. The molecule has 1 aromatic heterocycles. The van der Waals surface area contributed by atoms with E-state index in [-0.39, 0.29) is 5.91 Å². The molecule has 6 nitrogen and oxygen atoms in total. The Morgan fingerprint density at radius 3 is 2.58 bits per heavy atom. The second kappa shape index (κ2) is 6.72. The van der Waals surface area contributed by atoms with Crippen molar-refractivity contribution in [1.82, 2.24) is 9.88 Å². The number of nitrogens with two attached hydrogens (primary N) is 1. The molecule has 3 N–H and O–H groups in total. The predicted molar refractivity (Wildman–Crippen MR) is 73.8 cm³/mol. The van der Waals surface area contributed by atoms with Crippen molar-refractivity contribution in [3.8, 4) is 0 Å². The van der Waals surface area contributed by atoms with Gasteiger partial charge in [0.15, 0.2) is 0 Å². The van der Waals surface area contributed by atoms with Crippen LogP contribution in [0.2, 0.25) is 0 Å². The number of aromatic nitrogens is 1. The highest BCUT2D eigenvalue weighted by molar-refractivity contribution is 5.93. The molecule has 6 heteroatoms. The number of hydrogen-bond donors (Lipinski definition) is 2. The molecule has 1 aromatic rings. The molecule has 1 heterocycles. The molecule has 0 bridgehead atoms. The SMILES string of the molecule is CCN(CC)C(=O)c1cc(NC(C)C(N)=O)ccn1. The second-order valence-corrected chi connectivity index (χ2v) is 4.18. The maximum Gasteiger partial charge on any atom is 0.272 e. The summed E-state index contributed by atoms with van der Waals surface area (Å²) in [6.07, 6.45) is 1.53. The third-order valence-corrected chi connectivity index (χ3v) is 2.84. The number of anilines is 1. The second-order valence-electron chi connectivity index (χ2n) is 4.18. The lowest BCUT2D eigenvalue weighted by molar-refractivity contribution is -0.118. The van der Waals surface area contributed by atoms with Gasteiger partial charge < -0.3 is 16.0 Å². The number of carbonyl (C=O) groups is 2. The van der Waals surface area contributed by atoms with Crippen molar-refractivity contribution in [2.75, 3.05) is 18.4 Å². The fourth-order valence-corrected chi connectivity index (χ4v) is 1.63. The molecule has 0 aliphatic rings.